The zero-order chi connectivity index (χ0) is 16.4. The highest BCUT2D eigenvalue weighted by Gasteiger charge is 2.24. The fourth-order valence-corrected chi connectivity index (χ4v) is 2.75. The van der Waals surface area contributed by atoms with E-state index in [-0.39, 0.29) is 18.0 Å². The Morgan fingerprint density at radius 1 is 1.14 bits per heavy atom. The van der Waals surface area contributed by atoms with Crippen molar-refractivity contribution in [2.24, 2.45) is 5.73 Å². The number of nitro benzene ring substituents is 1. The van der Waals surface area contributed by atoms with E-state index in [4.69, 9.17) is 15.2 Å². The number of rotatable bonds is 11. The third-order valence-electron chi connectivity index (χ3n) is 2.52. The molecule has 3 N–H and O–H groups in total. The molecule has 0 saturated carbocycles. The van der Waals surface area contributed by atoms with Gasteiger partial charge in [0, 0.05) is 19.2 Å². The number of nitrogens with two attached hydrogens (primary N) is 1. The summed E-state index contributed by atoms with van der Waals surface area (Å²) in [5.74, 6) is 0. The molecular formula is C12H19N3O6S. The van der Waals surface area contributed by atoms with Crippen LogP contribution in [0.5, 0.6) is 0 Å². The molecule has 0 saturated heterocycles. The normalized spacial score (nSPS) is 11.5. The highest BCUT2D eigenvalue weighted by atomic mass is 32.2. The molecule has 0 aliphatic carbocycles. The van der Waals surface area contributed by atoms with Crippen molar-refractivity contribution in [2.75, 3.05) is 39.5 Å². The maximum Gasteiger partial charge on any atom is 0.289 e. The van der Waals surface area contributed by atoms with Gasteiger partial charge in [0.1, 0.15) is 0 Å². The average molecular weight is 333 g/mol. The fourth-order valence-electron chi connectivity index (χ4n) is 1.57. The molecule has 1 aromatic rings. The molecule has 0 aromatic heterocycles. The smallest absolute Gasteiger partial charge is 0.289 e. The SMILES string of the molecule is NCCOCCOCCNS(=O)(=O)c1ccccc1[N+](=O)[O-]. The van der Waals surface area contributed by atoms with Gasteiger partial charge in [-0.1, -0.05) is 12.1 Å². The lowest BCUT2D eigenvalue weighted by molar-refractivity contribution is -0.387. The zero-order valence-corrected chi connectivity index (χ0v) is 12.8. The highest BCUT2D eigenvalue weighted by Crippen LogP contribution is 2.22. The van der Waals surface area contributed by atoms with E-state index in [1.807, 2.05) is 0 Å². The molecule has 1 aromatic carbocycles. The third-order valence-corrected chi connectivity index (χ3v) is 4.03. The number of benzene rings is 1. The summed E-state index contributed by atoms with van der Waals surface area (Å²) in [6.45, 7) is 1.68. The lowest BCUT2D eigenvalue weighted by Crippen LogP contribution is -2.28. The van der Waals surface area contributed by atoms with Gasteiger partial charge in [-0.25, -0.2) is 13.1 Å². The Labute approximate surface area is 128 Å². The molecule has 0 heterocycles. The molecule has 22 heavy (non-hydrogen) atoms. The van der Waals surface area contributed by atoms with E-state index in [2.05, 4.69) is 4.72 Å². The molecule has 0 spiro atoms. The van der Waals surface area contributed by atoms with Crippen LogP contribution in [0.25, 0.3) is 0 Å². The van der Waals surface area contributed by atoms with Crippen LogP contribution in [0.1, 0.15) is 0 Å². The predicted molar refractivity (Wildman–Crippen MR) is 79.0 cm³/mol. The first-order valence-corrected chi connectivity index (χ1v) is 8.06. The van der Waals surface area contributed by atoms with Crippen LogP contribution in [-0.2, 0) is 19.5 Å². The van der Waals surface area contributed by atoms with Crippen molar-refractivity contribution in [3.63, 3.8) is 0 Å². The van der Waals surface area contributed by atoms with Crippen molar-refractivity contribution in [3.05, 3.63) is 34.4 Å². The molecule has 1 rings (SSSR count). The van der Waals surface area contributed by atoms with Crippen molar-refractivity contribution in [2.45, 2.75) is 4.90 Å². The maximum atomic E-state index is 12.0. The quantitative estimate of drug-likeness (QED) is 0.327. The van der Waals surface area contributed by atoms with Crippen molar-refractivity contribution in [1.29, 1.82) is 0 Å². The summed E-state index contributed by atoms with van der Waals surface area (Å²) in [5.41, 5.74) is 4.77. The molecular weight excluding hydrogens is 314 g/mol. The first-order valence-electron chi connectivity index (χ1n) is 6.57. The number of sulfonamides is 1. The Bertz CT molecular complexity index is 578. The first kappa shape index (κ1) is 18.5. The minimum Gasteiger partial charge on any atom is -0.378 e. The second-order valence-electron chi connectivity index (χ2n) is 4.14. The van der Waals surface area contributed by atoms with Gasteiger partial charge in [0.05, 0.1) is 31.4 Å². The van der Waals surface area contributed by atoms with E-state index in [1.165, 1.54) is 18.2 Å². The van der Waals surface area contributed by atoms with E-state index >= 15 is 0 Å². The maximum absolute atomic E-state index is 12.0. The van der Waals surface area contributed by atoms with Crippen molar-refractivity contribution in [1.82, 2.24) is 4.72 Å². The second kappa shape index (κ2) is 9.43. The minimum absolute atomic E-state index is 0.00523. The van der Waals surface area contributed by atoms with Crippen LogP contribution in [0.2, 0.25) is 0 Å². The van der Waals surface area contributed by atoms with Crippen LogP contribution >= 0.6 is 0 Å². The summed E-state index contributed by atoms with van der Waals surface area (Å²) < 4.78 is 36.5. The van der Waals surface area contributed by atoms with E-state index in [0.29, 0.717) is 26.4 Å². The average Bonchev–Trinajstić information content (AvgIpc) is 2.50. The van der Waals surface area contributed by atoms with Crippen LogP contribution in [0.15, 0.2) is 29.2 Å². The number of nitrogens with zero attached hydrogens (tertiary/aromatic N) is 1. The van der Waals surface area contributed by atoms with E-state index in [0.717, 1.165) is 6.07 Å². The number of hydrogen-bond donors (Lipinski definition) is 2. The van der Waals surface area contributed by atoms with Crippen molar-refractivity contribution in [3.8, 4) is 0 Å². The molecule has 0 aliphatic heterocycles. The molecule has 0 fully saturated rings. The van der Waals surface area contributed by atoms with Gasteiger partial charge >= 0.3 is 0 Å². The molecule has 0 bridgehead atoms. The van der Waals surface area contributed by atoms with Gasteiger partial charge in [-0.3, -0.25) is 10.1 Å². The molecule has 9 nitrogen and oxygen atoms in total. The summed E-state index contributed by atoms with van der Waals surface area (Å²) in [4.78, 5) is 9.73. The summed E-state index contributed by atoms with van der Waals surface area (Å²) in [6.07, 6.45) is 0. The van der Waals surface area contributed by atoms with Crippen molar-refractivity contribution < 1.29 is 22.8 Å². The van der Waals surface area contributed by atoms with Crippen LogP contribution in [0, 0.1) is 10.1 Å². The molecule has 10 heteroatoms. The lowest BCUT2D eigenvalue weighted by atomic mass is 10.3. The summed E-state index contributed by atoms with van der Waals surface area (Å²) in [7, 11) is -3.96. The third kappa shape index (κ3) is 6.03. The molecule has 0 unspecified atom stereocenters. The number of hydrogen-bond acceptors (Lipinski definition) is 7. The number of nitrogens with one attached hydrogen (secondary N) is 1. The fraction of sp³-hybridized carbons (Fsp3) is 0.500. The molecule has 0 atom stereocenters. The minimum atomic E-state index is -3.96. The summed E-state index contributed by atoms with van der Waals surface area (Å²) in [6, 6.07) is 5.15. The monoisotopic (exact) mass is 333 g/mol. The zero-order valence-electron chi connectivity index (χ0n) is 11.9. The van der Waals surface area contributed by atoms with Gasteiger partial charge < -0.3 is 15.2 Å². The van der Waals surface area contributed by atoms with Gasteiger partial charge in [-0.2, -0.15) is 0 Å². The number of nitro groups is 1. The Morgan fingerprint density at radius 2 is 1.77 bits per heavy atom. The Hall–Kier alpha value is -1.59. The van der Waals surface area contributed by atoms with Crippen LogP contribution in [0.3, 0.4) is 0 Å². The predicted octanol–water partition coefficient (Wildman–Crippen LogP) is -0.135. The number of ether oxygens (including phenoxy) is 2. The largest absolute Gasteiger partial charge is 0.378 e. The van der Waals surface area contributed by atoms with Crippen LogP contribution in [0.4, 0.5) is 5.69 Å². The molecule has 124 valence electrons. The Morgan fingerprint density at radius 3 is 2.41 bits per heavy atom. The lowest BCUT2D eigenvalue weighted by Gasteiger charge is -2.08. The summed E-state index contributed by atoms with van der Waals surface area (Å²) in [5, 5.41) is 10.8. The van der Waals surface area contributed by atoms with Crippen LogP contribution < -0.4 is 10.5 Å². The topological polar surface area (TPSA) is 134 Å². The van der Waals surface area contributed by atoms with Gasteiger partial charge in [0.15, 0.2) is 4.90 Å². The second-order valence-corrected chi connectivity index (χ2v) is 5.87. The van der Waals surface area contributed by atoms with E-state index in [9.17, 15) is 18.5 Å². The van der Waals surface area contributed by atoms with Gasteiger partial charge in [-0.15, -0.1) is 0 Å². The van der Waals surface area contributed by atoms with E-state index < -0.39 is 20.6 Å². The van der Waals surface area contributed by atoms with Crippen molar-refractivity contribution >= 4 is 15.7 Å². The van der Waals surface area contributed by atoms with E-state index in [1.54, 1.807) is 0 Å². The molecule has 0 radical (unpaired) electrons. The van der Waals surface area contributed by atoms with Gasteiger partial charge in [-0.05, 0) is 6.07 Å². The first-order chi connectivity index (χ1) is 10.5. The highest BCUT2D eigenvalue weighted by molar-refractivity contribution is 7.89. The Balaban J connectivity index is 2.44. The number of para-hydroxylation sites is 1. The Kier molecular flexibility index (Phi) is 7.91. The molecule has 0 aliphatic rings. The molecule has 0 amide bonds. The van der Waals surface area contributed by atoms with Gasteiger partial charge in [0.2, 0.25) is 10.0 Å². The summed E-state index contributed by atoms with van der Waals surface area (Å²) >= 11 is 0. The standard InChI is InChI=1S/C12H19N3O6S/c13-5-7-20-9-10-21-8-6-14-22(18,19)12-4-2-1-3-11(12)15(16)17/h1-4,14H,5-10,13H2. The van der Waals surface area contributed by atoms with Gasteiger partial charge in [0.25, 0.3) is 5.69 Å². The van der Waals surface area contributed by atoms with Crippen LogP contribution in [-0.4, -0.2) is 52.9 Å².